The zero-order valence-corrected chi connectivity index (χ0v) is 20.2. The number of fused-ring (bicyclic) bond motifs is 1. The highest BCUT2D eigenvalue weighted by Crippen LogP contribution is 2.35. The number of hydrogen-bond donors (Lipinski definition) is 1. The lowest BCUT2D eigenvalue weighted by molar-refractivity contribution is -0.121. The molecule has 7 nitrogen and oxygen atoms in total. The van der Waals surface area contributed by atoms with Crippen LogP contribution in [0, 0.1) is 6.92 Å². The predicted octanol–water partition coefficient (Wildman–Crippen LogP) is 5.38. The Bertz CT molecular complexity index is 1610. The molecule has 2 heterocycles. The van der Waals surface area contributed by atoms with E-state index in [0.717, 1.165) is 27.3 Å². The summed E-state index contributed by atoms with van der Waals surface area (Å²) >= 11 is 1.47. The topological polar surface area (TPSA) is 85.6 Å². The van der Waals surface area contributed by atoms with Gasteiger partial charge in [-0.1, -0.05) is 60.7 Å². The van der Waals surface area contributed by atoms with Crippen molar-refractivity contribution >= 4 is 33.7 Å². The first-order chi connectivity index (χ1) is 17.6. The number of hydrogen-bond acceptors (Lipinski definition) is 6. The fourth-order valence-corrected chi connectivity index (χ4v) is 4.86. The third-order valence-electron chi connectivity index (χ3n) is 5.47. The van der Waals surface area contributed by atoms with Crippen LogP contribution < -0.4 is 15.7 Å². The van der Waals surface area contributed by atoms with Gasteiger partial charge in [-0.2, -0.15) is 5.10 Å². The Hall–Kier alpha value is -4.56. The van der Waals surface area contributed by atoms with Gasteiger partial charge in [0.15, 0.2) is 0 Å². The van der Waals surface area contributed by atoms with Crippen molar-refractivity contribution in [2.24, 2.45) is 5.10 Å². The molecule has 0 aliphatic heterocycles. The number of ether oxygens (including phenoxy) is 1. The fraction of sp³-hybridized carbons (Fsp3) is 0.0714. The molecule has 8 heteroatoms. The first-order valence-corrected chi connectivity index (χ1v) is 12.1. The number of hydrazone groups is 1. The van der Waals surface area contributed by atoms with Gasteiger partial charge in [-0.3, -0.25) is 14.2 Å². The van der Waals surface area contributed by atoms with E-state index in [9.17, 15) is 9.59 Å². The number of carbonyl (C=O) groups is 1. The van der Waals surface area contributed by atoms with Crippen LogP contribution in [0.25, 0.3) is 21.3 Å². The lowest BCUT2D eigenvalue weighted by atomic mass is 10.0. The standard InChI is InChI=1S/C28H22N4O3S/c1-19-25(21-10-4-2-5-11-21)26-27(36-19)29-18-32(28(26)34)17-24(33)31-30-16-20-9-8-14-23(15-20)35-22-12-6-3-7-13-22/h2-16,18H,17H2,1H3,(H,31,33)/b30-16+. The first-order valence-electron chi connectivity index (χ1n) is 11.3. The van der Waals surface area contributed by atoms with Gasteiger partial charge in [-0.15, -0.1) is 11.3 Å². The summed E-state index contributed by atoms with van der Waals surface area (Å²) in [6.45, 7) is 1.78. The van der Waals surface area contributed by atoms with Gasteiger partial charge >= 0.3 is 0 Å². The average Bonchev–Trinajstić information content (AvgIpc) is 3.24. The Kier molecular flexibility index (Phi) is 6.68. The molecule has 1 N–H and O–H groups in total. The van der Waals surface area contributed by atoms with Crippen molar-refractivity contribution < 1.29 is 9.53 Å². The summed E-state index contributed by atoms with van der Waals surface area (Å²) in [6.07, 6.45) is 2.93. The number of carbonyl (C=O) groups excluding carboxylic acids is 1. The van der Waals surface area contributed by atoms with Gasteiger partial charge in [0.1, 0.15) is 22.9 Å². The molecule has 0 aliphatic carbocycles. The highest BCUT2D eigenvalue weighted by atomic mass is 32.1. The highest BCUT2D eigenvalue weighted by Gasteiger charge is 2.17. The molecular formula is C28H22N4O3S. The number of thiophene rings is 1. The number of benzene rings is 3. The van der Waals surface area contributed by atoms with Crippen LogP contribution in [0.15, 0.2) is 101 Å². The summed E-state index contributed by atoms with van der Waals surface area (Å²) in [5.41, 5.74) is 4.79. The van der Waals surface area contributed by atoms with Crippen LogP contribution >= 0.6 is 11.3 Å². The van der Waals surface area contributed by atoms with Crippen molar-refractivity contribution in [3.8, 4) is 22.6 Å². The lowest BCUT2D eigenvalue weighted by Gasteiger charge is -2.06. The van der Waals surface area contributed by atoms with E-state index in [2.05, 4.69) is 15.5 Å². The minimum Gasteiger partial charge on any atom is -0.457 e. The Morgan fingerprint density at radius 1 is 1.03 bits per heavy atom. The number of nitrogens with zero attached hydrogens (tertiary/aromatic N) is 3. The zero-order chi connectivity index (χ0) is 24.9. The van der Waals surface area contributed by atoms with Gasteiger partial charge < -0.3 is 4.74 Å². The molecule has 0 radical (unpaired) electrons. The Labute approximate surface area is 211 Å². The van der Waals surface area contributed by atoms with Gasteiger partial charge in [-0.25, -0.2) is 10.4 Å². The van der Waals surface area contributed by atoms with Crippen molar-refractivity contribution in [2.45, 2.75) is 13.5 Å². The maximum Gasteiger partial charge on any atom is 0.263 e. The Morgan fingerprint density at radius 3 is 2.53 bits per heavy atom. The van der Waals surface area contributed by atoms with Crippen molar-refractivity contribution in [1.29, 1.82) is 0 Å². The number of aryl methyl sites for hydroxylation is 1. The van der Waals surface area contributed by atoms with Crippen LogP contribution in [0.5, 0.6) is 11.5 Å². The van der Waals surface area contributed by atoms with Gasteiger partial charge in [0.2, 0.25) is 0 Å². The minimum absolute atomic E-state index is 0.195. The molecule has 0 spiro atoms. The second-order valence-electron chi connectivity index (χ2n) is 8.04. The molecule has 0 saturated carbocycles. The van der Waals surface area contributed by atoms with Crippen LogP contribution in [0.3, 0.4) is 0 Å². The molecule has 0 fully saturated rings. The van der Waals surface area contributed by atoms with Crippen molar-refractivity contribution in [2.75, 3.05) is 0 Å². The van der Waals surface area contributed by atoms with E-state index >= 15 is 0 Å². The van der Waals surface area contributed by atoms with Crippen molar-refractivity contribution in [3.05, 3.63) is 112 Å². The van der Waals surface area contributed by atoms with E-state index in [1.807, 2.05) is 91.9 Å². The van der Waals surface area contributed by atoms with Crippen LogP contribution in [0.1, 0.15) is 10.4 Å². The molecule has 0 unspecified atom stereocenters. The maximum atomic E-state index is 13.3. The second kappa shape index (κ2) is 10.4. The van der Waals surface area contributed by atoms with Crippen LogP contribution in [0.4, 0.5) is 0 Å². The largest absolute Gasteiger partial charge is 0.457 e. The summed E-state index contributed by atoms with van der Waals surface area (Å²) in [7, 11) is 0. The fourth-order valence-electron chi connectivity index (χ4n) is 3.85. The molecule has 5 aromatic rings. The number of amides is 1. The SMILES string of the molecule is Cc1sc2ncn(CC(=O)N/N=C/c3cccc(Oc4ccccc4)c3)c(=O)c2c1-c1ccccc1. The van der Waals surface area contributed by atoms with Gasteiger partial charge in [-0.05, 0) is 42.3 Å². The van der Waals surface area contributed by atoms with Crippen molar-refractivity contribution in [1.82, 2.24) is 15.0 Å². The molecule has 0 saturated heterocycles. The number of nitrogens with one attached hydrogen (secondary N) is 1. The average molecular weight is 495 g/mol. The van der Waals surface area contributed by atoms with Crippen LogP contribution in [0.2, 0.25) is 0 Å². The normalized spacial score (nSPS) is 11.1. The summed E-state index contributed by atoms with van der Waals surface area (Å²) in [4.78, 5) is 31.9. The molecule has 5 rings (SSSR count). The molecular weight excluding hydrogens is 472 g/mol. The summed E-state index contributed by atoms with van der Waals surface area (Å²) in [5.74, 6) is 0.953. The summed E-state index contributed by atoms with van der Waals surface area (Å²) in [5, 5.41) is 4.56. The molecule has 0 aliphatic rings. The minimum atomic E-state index is -0.431. The smallest absolute Gasteiger partial charge is 0.263 e. The third-order valence-corrected chi connectivity index (χ3v) is 6.48. The molecule has 2 aromatic heterocycles. The molecule has 1 amide bonds. The molecule has 178 valence electrons. The highest BCUT2D eigenvalue weighted by molar-refractivity contribution is 7.19. The van der Waals surface area contributed by atoms with E-state index in [1.54, 1.807) is 0 Å². The van der Waals surface area contributed by atoms with Gasteiger partial charge in [0.25, 0.3) is 11.5 Å². The van der Waals surface area contributed by atoms with E-state index in [1.165, 1.54) is 28.4 Å². The second-order valence-corrected chi connectivity index (χ2v) is 9.24. The predicted molar refractivity (Wildman–Crippen MR) is 143 cm³/mol. The monoisotopic (exact) mass is 494 g/mol. The quantitative estimate of drug-likeness (QED) is 0.243. The van der Waals surface area contributed by atoms with Crippen molar-refractivity contribution in [3.63, 3.8) is 0 Å². The zero-order valence-electron chi connectivity index (χ0n) is 19.4. The van der Waals surface area contributed by atoms with E-state index in [4.69, 9.17) is 4.74 Å². The van der Waals surface area contributed by atoms with Gasteiger partial charge in [0.05, 0.1) is 17.9 Å². The summed E-state index contributed by atoms with van der Waals surface area (Å²) < 4.78 is 7.13. The molecule has 36 heavy (non-hydrogen) atoms. The number of para-hydroxylation sites is 1. The Morgan fingerprint density at radius 2 is 1.75 bits per heavy atom. The Balaban J connectivity index is 1.29. The van der Waals surface area contributed by atoms with E-state index < -0.39 is 5.91 Å². The first kappa shape index (κ1) is 23.2. The van der Waals surface area contributed by atoms with E-state index in [-0.39, 0.29) is 12.1 Å². The van der Waals surface area contributed by atoms with Gasteiger partial charge in [0, 0.05) is 10.4 Å². The molecule has 0 atom stereocenters. The molecule has 3 aromatic carbocycles. The van der Waals surface area contributed by atoms with Crippen LogP contribution in [-0.4, -0.2) is 21.7 Å². The van der Waals surface area contributed by atoms with Crippen LogP contribution in [-0.2, 0) is 11.3 Å². The van der Waals surface area contributed by atoms with E-state index in [0.29, 0.717) is 16.0 Å². The third kappa shape index (κ3) is 5.08. The molecule has 0 bridgehead atoms. The summed E-state index contributed by atoms with van der Waals surface area (Å²) in [6, 6.07) is 26.5. The maximum absolute atomic E-state index is 13.3. The lowest BCUT2D eigenvalue weighted by Crippen LogP contribution is -2.30. The number of aromatic nitrogens is 2. The number of rotatable bonds is 7.